The molecule has 0 saturated carbocycles. The van der Waals surface area contributed by atoms with Crippen LogP contribution in [0.1, 0.15) is 28.4 Å². The monoisotopic (exact) mass is 206 g/mol. The maximum absolute atomic E-state index is 11.5. The van der Waals surface area contributed by atoms with Crippen molar-refractivity contribution in [3.05, 3.63) is 35.4 Å². The molecule has 0 heterocycles. The number of hydrogen-bond donors (Lipinski definition) is 3. The van der Waals surface area contributed by atoms with Crippen LogP contribution in [-0.4, -0.2) is 17.0 Å². The summed E-state index contributed by atoms with van der Waals surface area (Å²) in [6.45, 7) is 0. The summed E-state index contributed by atoms with van der Waals surface area (Å²) in [5.74, 6) is 0.0373. The Bertz CT molecular complexity index is 417. The quantitative estimate of drug-likeness (QED) is 0.633. The molecule has 1 amide bonds. The molecule has 2 rings (SSSR count). The summed E-state index contributed by atoms with van der Waals surface area (Å²) < 4.78 is 0. The lowest BCUT2D eigenvalue weighted by Gasteiger charge is -2.11. The molecule has 1 atom stereocenters. The van der Waals surface area contributed by atoms with Gasteiger partial charge in [-0.2, -0.15) is 0 Å². The number of amides is 1. The van der Waals surface area contributed by atoms with E-state index in [9.17, 15) is 9.59 Å². The molecule has 5 heteroatoms. The number of ketones is 1. The van der Waals surface area contributed by atoms with Gasteiger partial charge in [-0.05, 0) is 5.56 Å². The maximum Gasteiger partial charge on any atom is 0.419 e. The zero-order chi connectivity index (χ0) is 10.8. The number of hydrazine groups is 1. The summed E-state index contributed by atoms with van der Waals surface area (Å²) in [5.41, 5.74) is 6.17. The fraction of sp³-hybridized carbons (Fsp3) is 0.200. The summed E-state index contributed by atoms with van der Waals surface area (Å²) >= 11 is 0. The number of carbonyl (C=O) groups excluding carboxylic acids is 1. The van der Waals surface area contributed by atoms with Crippen LogP contribution in [0.25, 0.3) is 0 Å². The van der Waals surface area contributed by atoms with Gasteiger partial charge in [-0.15, -0.1) is 0 Å². The van der Waals surface area contributed by atoms with Crippen LogP contribution in [0.5, 0.6) is 0 Å². The van der Waals surface area contributed by atoms with Crippen LogP contribution in [0.15, 0.2) is 24.3 Å². The average molecular weight is 206 g/mol. The van der Waals surface area contributed by atoms with Gasteiger partial charge in [0, 0.05) is 12.0 Å². The number of nitrogens with one attached hydrogen (secondary N) is 2. The summed E-state index contributed by atoms with van der Waals surface area (Å²) in [7, 11) is 0. The molecule has 1 aliphatic carbocycles. The predicted octanol–water partition coefficient (Wildman–Crippen LogP) is 1.09. The number of hydrogen-bond acceptors (Lipinski definition) is 3. The lowest BCUT2D eigenvalue weighted by atomic mass is 10.1. The average Bonchev–Trinajstić information content (AvgIpc) is 2.54. The highest BCUT2D eigenvalue weighted by Crippen LogP contribution is 2.29. The normalized spacial score (nSPS) is 18.7. The molecule has 3 N–H and O–H groups in total. The second-order valence-electron chi connectivity index (χ2n) is 3.34. The van der Waals surface area contributed by atoms with Gasteiger partial charge in [-0.1, -0.05) is 24.3 Å². The molecule has 0 radical (unpaired) electrons. The summed E-state index contributed by atoms with van der Waals surface area (Å²) in [6, 6.07) is 6.93. The molecule has 1 aromatic carbocycles. The summed E-state index contributed by atoms with van der Waals surface area (Å²) in [5, 5.41) is 8.43. The molecule has 0 bridgehead atoms. The SMILES string of the molecule is O=C(O)NNC1CC(=O)c2ccccc21. The van der Waals surface area contributed by atoms with E-state index in [1.54, 1.807) is 12.1 Å². The van der Waals surface area contributed by atoms with E-state index in [2.05, 4.69) is 10.9 Å². The molecule has 1 unspecified atom stereocenters. The standard InChI is InChI=1S/C10H10N2O3/c13-9-5-8(11-12-10(14)15)6-3-1-2-4-7(6)9/h1-4,8,11-12H,5H2,(H,14,15). The topological polar surface area (TPSA) is 78.4 Å². The second kappa shape index (κ2) is 3.70. The fourth-order valence-electron chi connectivity index (χ4n) is 1.74. The fourth-order valence-corrected chi connectivity index (χ4v) is 1.74. The Morgan fingerprint density at radius 2 is 2.13 bits per heavy atom. The molecule has 0 aromatic heterocycles. The predicted molar refractivity (Wildman–Crippen MR) is 52.4 cm³/mol. The van der Waals surface area contributed by atoms with E-state index in [1.807, 2.05) is 12.1 Å². The van der Waals surface area contributed by atoms with Gasteiger partial charge < -0.3 is 5.11 Å². The smallest absolute Gasteiger partial charge is 0.419 e. The van der Waals surface area contributed by atoms with Crippen LogP contribution in [-0.2, 0) is 0 Å². The third-order valence-corrected chi connectivity index (χ3v) is 2.38. The largest absolute Gasteiger partial charge is 0.464 e. The van der Waals surface area contributed by atoms with Gasteiger partial charge in [-0.3, -0.25) is 10.2 Å². The van der Waals surface area contributed by atoms with E-state index in [0.29, 0.717) is 12.0 Å². The summed E-state index contributed by atoms with van der Waals surface area (Å²) in [4.78, 5) is 21.8. The molecular weight excluding hydrogens is 196 g/mol. The molecule has 78 valence electrons. The first-order valence-corrected chi connectivity index (χ1v) is 4.55. The number of carboxylic acid groups (broad SMARTS) is 1. The van der Waals surface area contributed by atoms with Gasteiger partial charge in [0.2, 0.25) is 0 Å². The number of fused-ring (bicyclic) bond motifs is 1. The van der Waals surface area contributed by atoms with Crippen LogP contribution in [0, 0.1) is 0 Å². The molecule has 1 aliphatic rings. The van der Waals surface area contributed by atoms with Gasteiger partial charge in [0.25, 0.3) is 0 Å². The van der Waals surface area contributed by atoms with Gasteiger partial charge in [0.1, 0.15) is 0 Å². The number of rotatable bonds is 2. The zero-order valence-corrected chi connectivity index (χ0v) is 7.86. The Balaban J connectivity index is 2.17. The van der Waals surface area contributed by atoms with Crippen LogP contribution in [0.4, 0.5) is 4.79 Å². The highest BCUT2D eigenvalue weighted by Gasteiger charge is 2.28. The second-order valence-corrected chi connectivity index (χ2v) is 3.34. The lowest BCUT2D eigenvalue weighted by Crippen LogP contribution is -2.38. The van der Waals surface area contributed by atoms with E-state index < -0.39 is 6.09 Å². The molecule has 1 aromatic rings. The van der Waals surface area contributed by atoms with E-state index in [4.69, 9.17) is 5.11 Å². The first kappa shape index (κ1) is 9.67. The van der Waals surface area contributed by atoms with E-state index >= 15 is 0 Å². The first-order valence-electron chi connectivity index (χ1n) is 4.55. The van der Waals surface area contributed by atoms with Crippen molar-refractivity contribution < 1.29 is 14.7 Å². The minimum Gasteiger partial charge on any atom is -0.464 e. The number of benzene rings is 1. The van der Waals surface area contributed by atoms with E-state index in [0.717, 1.165) is 5.56 Å². The van der Waals surface area contributed by atoms with Crippen molar-refractivity contribution in [2.45, 2.75) is 12.5 Å². The molecular formula is C10H10N2O3. The van der Waals surface area contributed by atoms with E-state index in [-0.39, 0.29) is 11.8 Å². The van der Waals surface area contributed by atoms with Crippen molar-refractivity contribution >= 4 is 11.9 Å². The number of Topliss-reactive ketones (excluding diaryl/α,β-unsaturated/α-hetero) is 1. The number of carbonyl (C=O) groups is 2. The van der Waals surface area contributed by atoms with Crippen molar-refractivity contribution in [2.75, 3.05) is 0 Å². The van der Waals surface area contributed by atoms with Crippen molar-refractivity contribution in [1.82, 2.24) is 10.9 Å². The molecule has 0 fully saturated rings. The Labute approximate surface area is 86.1 Å². The van der Waals surface area contributed by atoms with Crippen molar-refractivity contribution in [3.8, 4) is 0 Å². The van der Waals surface area contributed by atoms with Gasteiger partial charge in [0.15, 0.2) is 5.78 Å². The maximum atomic E-state index is 11.5. The Morgan fingerprint density at radius 3 is 2.87 bits per heavy atom. The third-order valence-electron chi connectivity index (χ3n) is 2.38. The minimum atomic E-state index is -1.16. The highest BCUT2D eigenvalue weighted by molar-refractivity contribution is 6.01. The molecule has 5 nitrogen and oxygen atoms in total. The summed E-state index contributed by atoms with van der Waals surface area (Å²) in [6.07, 6.45) is -0.869. The van der Waals surface area contributed by atoms with Crippen LogP contribution >= 0.6 is 0 Å². The molecule has 0 aliphatic heterocycles. The zero-order valence-electron chi connectivity index (χ0n) is 7.86. The van der Waals surface area contributed by atoms with Crippen LogP contribution < -0.4 is 10.9 Å². The highest BCUT2D eigenvalue weighted by atomic mass is 16.4. The van der Waals surface area contributed by atoms with Crippen molar-refractivity contribution in [3.63, 3.8) is 0 Å². The van der Waals surface area contributed by atoms with Crippen LogP contribution in [0.3, 0.4) is 0 Å². The van der Waals surface area contributed by atoms with Crippen LogP contribution in [0.2, 0.25) is 0 Å². The van der Waals surface area contributed by atoms with Gasteiger partial charge >= 0.3 is 6.09 Å². The minimum absolute atomic E-state index is 0.0373. The Morgan fingerprint density at radius 1 is 1.40 bits per heavy atom. The van der Waals surface area contributed by atoms with Gasteiger partial charge in [-0.25, -0.2) is 10.2 Å². The Hall–Kier alpha value is -1.88. The first-order chi connectivity index (χ1) is 7.18. The van der Waals surface area contributed by atoms with Crippen molar-refractivity contribution in [2.24, 2.45) is 0 Å². The third kappa shape index (κ3) is 1.82. The van der Waals surface area contributed by atoms with Crippen molar-refractivity contribution in [1.29, 1.82) is 0 Å². The van der Waals surface area contributed by atoms with Gasteiger partial charge in [0.05, 0.1) is 6.04 Å². The molecule has 0 spiro atoms. The molecule has 0 saturated heterocycles. The van der Waals surface area contributed by atoms with E-state index in [1.165, 1.54) is 0 Å². The Kier molecular flexibility index (Phi) is 2.39. The molecule has 15 heavy (non-hydrogen) atoms. The lowest BCUT2D eigenvalue weighted by molar-refractivity contribution is 0.0982.